The van der Waals surface area contributed by atoms with E-state index >= 15 is 0 Å². The molecule has 0 fully saturated rings. The number of carbonyl (C=O) groups excluding carboxylic acids is 1. The van der Waals surface area contributed by atoms with Crippen LogP contribution in [0.3, 0.4) is 0 Å². The van der Waals surface area contributed by atoms with Crippen molar-refractivity contribution in [3.05, 3.63) is 119 Å². The summed E-state index contributed by atoms with van der Waals surface area (Å²) >= 11 is 0. The van der Waals surface area contributed by atoms with Crippen LogP contribution in [0.1, 0.15) is 16.7 Å². The van der Waals surface area contributed by atoms with Crippen LogP contribution in [0.25, 0.3) is 16.8 Å². The molecule has 0 aliphatic rings. The van der Waals surface area contributed by atoms with Gasteiger partial charge in [0, 0.05) is 12.1 Å². The number of fused-ring (bicyclic) bond motifs is 1. The molecule has 150 valence electrons. The Morgan fingerprint density at radius 1 is 0.871 bits per heavy atom. The fourth-order valence-electron chi connectivity index (χ4n) is 3.53. The lowest BCUT2D eigenvalue weighted by atomic mass is 9.93. The van der Waals surface area contributed by atoms with E-state index in [1.54, 1.807) is 36.4 Å². The molecule has 0 heterocycles. The molecule has 0 radical (unpaired) electrons. The summed E-state index contributed by atoms with van der Waals surface area (Å²) in [5.74, 6) is -0.772. The van der Waals surface area contributed by atoms with E-state index < -0.39 is 5.91 Å². The maximum absolute atomic E-state index is 14.3. The lowest BCUT2D eigenvalue weighted by molar-refractivity contribution is -0.112. The molecule has 0 bridgehead atoms. The number of nitrogens with zero attached hydrogens (tertiary/aromatic N) is 1. The topological polar surface area (TPSA) is 52.9 Å². The van der Waals surface area contributed by atoms with Gasteiger partial charge in [0.25, 0.3) is 5.91 Å². The van der Waals surface area contributed by atoms with Crippen LogP contribution < -0.4 is 5.32 Å². The Hall–Kier alpha value is -4.23. The standard InChI is InChI=1S/C27H19FN2O/c28-26-13-7-5-9-21(26)16-20-15-14-19-8-4-6-12-24(19)25(20)17-22(18-29)27(31)30-23-10-2-1-3-11-23/h1-15,17H,16H2,(H,30,31)/b22-17+. The highest BCUT2D eigenvalue weighted by atomic mass is 19.1. The normalized spacial score (nSPS) is 11.2. The van der Waals surface area contributed by atoms with Crippen molar-refractivity contribution in [1.29, 1.82) is 5.26 Å². The fraction of sp³-hybridized carbons (Fsp3) is 0.0370. The van der Waals surface area contributed by atoms with E-state index in [1.165, 1.54) is 6.07 Å². The molecule has 0 saturated heterocycles. The third kappa shape index (κ3) is 4.52. The van der Waals surface area contributed by atoms with E-state index in [2.05, 4.69) is 5.32 Å². The number of benzene rings is 4. The lowest BCUT2D eigenvalue weighted by Gasteiger charge is -2.12. The van der Waals surface area contributed by atoms with Crippen LogP contribution in [0.5, 0.6) is 0 Å². The van der Waals surface area contributed by atoms with E-state index in [0.29, 0.717) is 17.7 Å². The maximum Gasteiger partial charge on any atom is 0.266 e. The zero-order valence-corrected chi connectivity index (χ0v) is 16.7. The van der Waals surface area contributed by atoms with Gasteiger partial charge in [0.05, 0.1) is 0 Å². The van der Waals surface area contributed by atoms with E-state index in [9.17, 15) is 14.4 Å². The molecule has 1 amide bonds. The smallest absolute Gasteiger partial charge is 0.266 e. The molecule has 4 aromatic carbocycles. The summed E-state index contributed by atoms with van der Waals surface area (Å²) in [6, 6.07) is 29.3. The van der Waals surface area contributed by atoms with Crippen molar-refractivity contribution in [2.75, 3.05) is 5.32 Å². The highest BCUT2D eigenvalue weighted by molar-refractivity contribution is 6.11. The van der Waals surface area contributed by atoms with Crippen LogP contribution in [0.4, 0.5) is 10.1 Å². The van der Waals surface area contributed by atoms with Crippen LogP contribution >= 0.6 is 0 Å². The van der Waals surface area contributed by atoms with Gasteiger partial charge in [-0.25, -0.2) is 4.39 Å². The minimum Gasteiger partial charge on any atom is -0.321 e. The summed E-state index contributed by atoms with van der Waals surface area (Å²) in [5.41, 5.74) is 2.72. The van der Waals surface area contributed by atoms with Gasteiger partial charge in [0.1, 0.15) is 17.5 Å². The van der Waals surface area contributed by atoms with Crippen molar-refractivity contribution >= 4 is 28.4 Å². The molecule has 4 heteroatoms. The molecule has 0 unspecified atom stereocenters. The van der Waals surface area contributed by atoms with Crippen LogP contribution in [0.2, 0.25) is 0 Å². The number of carbonyl (C=O) groups is 1. The van der Waals surface area contributed by atoms with E-state index in [-0.39, 0.29) is 11.4 Å². The van der Waals surface area contributed by atoms with Gasteiger partial charge in [-0.2, -0.15) is 5.26 Å². The predicted octanol–water partition coefficient (Wildman–Crippen LogP) is 6.12. The number of rotatable bonds is 5. The molecule has 0 aliphatic carbocycles. The van der Waals surface area contributed by atoms with Crippen molar-refractivity contribution < 1.29 is 9.18 Å². The molecular formula is C27H19FN2O. The number of anilines is 1. The average Bonchev–Trinajstić information content (AvgIpc) is 2.80. The van der Waals surface area contributed by atoms with Crippen LogP contribution in [0, 0.1) is 17.1 Å². The number of hydrogen-bond acceptors (Lipinski definition) is 2. The summed E-state index contributed by atoms with van der Waals surface area (Å²) < 4.78 is 14.3. The lowest BCUT2D eigenvalue weighted by Crippen LogP contribution is -2.13. The Morgan fingerprint density at radius 2 is 1.58 bits per heavy atom. The van der Waals surface area contributed by atoms with Gasteiger partial charge in [-0.3, -0.25) is 4.79 Å². The maximum atomic E-state index is 14.3. The molecule has 4 aromatic rings. The van der Waals surface area contributed by atoms with Crippen LogP contribution in [-0.2, 0) is 11.2 Å². The molecular weight excluding hydrogens is 387 g/mol. The third-order valence-corrected chi connectivity index (χ3v) is 5.09. The van der Waals surface area contributed by atoms with Gasteiger partial charge >= 0.3 is 0 Å². The summed E-state index contributed by atoms with van der Waals surface area (Å²) in [4.78, 5) is 12.7. The summed E-state index contributed by atoms with van der Waals surface area (Å²) in [5, 5.41) is 14.3. The Kier molecular flexibility index (Phi) is 5.86. The van der Waals surface area contributed by atoms with Gasteiger partial charge in [0.2, 0.25) is 0 Å². The predicted molar refractivity (Wildman–Crippen MR) is 122 cm³/mol. The second-order valence-corrected chi connectivity index (χ2v) is 7.12. The number of hydrogen-bond donors (Lipinski definition) is 1. The van der Waals surface area contributed by atoms with E-state index in [0.717, 1.165) is 21.9 Å². The van der Waals surface area contributed by atoms with Crippen molar-refractivity contribution in [2.45, 2.75) is 6.42 Å². The molecule has 0 atom stereocenters. The first-order valence-corrected chi connectivity index (χ1v) is 9.88. The Balaban J connectivity index is 1.79. The first-order valence-electron chi connectivity index (χ1n) is 9.88. The molecule has 0 aromatic heterocycles. The van der Waals surface area contributed by atoms with E-state index in [4.69, 9.17) is 0 Å². The van der Waals surface area contributed by atoms with Gasteiger partial charge in [-0.15, -0.1) is 0 Å². The Morgan fingerprint density at radius 3 is 2.35 bits per heavy atom. The van der Waals surface area contributed by atoms with Gasteiger partial charge < -0.3 is 5.32 Å². The Bertz CT molecular complexity index is 1320. The molecule has 3 nitrogen and oxygen atoms in total. The quantitative estimate of drug-likeness (QED) is 0.321. The summed E-state index contributed by atoms with van der Waals surface area (Å²) in [7, 11) is 0. The van der Waals surface area contributed by atoms with Gasteiger partial charge in [-0.05, 0) is 51.7 Å². The van der Waals surface area contributed by atoms with Crippen LogP contribution in [0.15, 0.2) is 96.6 Å². The van der Waals surface area contributed by atoms with Gasteiger partial charge in [-0.1, -0.05) is 72.8 Å². The number of para-hydroxylation sites is 1. The average molecular weight is 406 g/mol. The SMILES string of the molecule is N#C/C(=C\c1c(Cc2ccccc2F)ccc2ccccc12)C(=O)Nc1ccccc1. The van der Waals surface area contributed by atoms with Gasteiger partial charge in [0.15, 0.2) is 0 Å². The zero-order valence-electron chi connectivity index (χ0n) is 16.7. The highest BCUT2D eigenvalue weighted by Crippen LogP contribution is 2.27. The van der Waals surface area contributed by atoms with Crippen molar-refractivity contribution in [3.8, 4) is 6.07 Å². The third-order valence-electron chi connectivity index (χ3n) is 5.09. The van der Waals surface area contributed by atoms with Crippen LogP contribution in [-0.4, -0.2) is 5.91 Å². The van der Waals surface area contributed by atoms with Crippen molar-refractivity contribution in [3.63, 3.8) is 0 Å². The minimum atomic E-state index is -0.488. The molecule has 0 spiro atoms. The Labute approximate surface area is 180 Å². The first kappa shape index (κ1) is 20.1. The largest absolute Gasteiger partial charge is 0.321 e. The fourth-order valence-corrected chi connectivity index (χ4v) is 3.53. The number of nitrogens with one attached hydrogen (secondary N) is 1. The highest BCUT2D eigenvalue weighted by Gasteiger charge is 2.14. The molecule has 4 rings (SSSR count). The van der Waals surface area contributed by atoms with E-state index in [1.807, 2.05) is 60.7 Å². The van der Waals surface area contributed by atoms with Crippen molar-refractivity contribution in [2.24, 2.45) is 0 Å². The summed E-state index contributed by atoms with van der Waals surface area (Å²) in [6.45, 7) is 0. The first-order chi connectivity index (χ1) is 15.2. The molecule has 31 heavy (non-hydrogen) atoms. The molecule has 0 aliphatic heterocycles. The second kappa shape index (κ2) is 9.06. The monoisotopic (exact) mass is 406 g/mol. The number of halogens is 1. The molecule has 1 N–H and O–H groups in total. The summed E-state index contributed by atoms with van der Waals surface area (Å²) in [6.07, 6.45) is 1.94. The zero-order chi connectivity index (χ0) is 21.6. The number of nitriles is 1. The van der Waals surface area contributed by atoms with Crippen molar-refractivity contribution in [1.82, 2.24) is 0 Å². The second-order valence-electron chi connectivity index (χ2n) is 7.12. The molecule has 0 saturated carbocycles. The minimum absolute atomic E-state index is 0.0185. The number of amides is 1.